The minimum Gasteiger partial charge on any atom is -0.457 e. The van der Waals surface area contributed by atoms with Crippen LogP contribution >= 0.6 is 11.8 Å². The van der Waals surface area contributed by atoms with Crippen LogP contribution in [-0.2, 0) is 16.1 Å². The first-order valence-electron chi connectivity index (χ1n) is 13.1. The highest BCUT2D eigenvalue weighted by Crippen LogP contribution is 2.52. The number of ether oxygens (including phenoxy) is 1. The summed E-state index contributed by atoms with van der Waals surface area (Å²) in [6, 6.07) is 37.8. The van der Waals surface area contributed by atoms with E-state index in [2.05, 4.69) is 36.4 Å². The molecule has 2 atom stereocenters. The van der Waals surface area contributed by atoms with Crippen LogP contribution in [0.3, 0.4) is 0 Å². The number of nitrogens with zero attached hydrogens (tertiary/aromatic N) is 2. The van der Waals surface area contributed by atoms with Crippen LogP contribution in [0.25, 0.3) is 0 Å². The summed E-state index contributed by atoms with van der Waals surface area (Å²) in [5, 5.41) is 22.0. The Balaban J connectivity index is 0.000000269. The average molecular weight is 555 g/mol. The fourth-order valence-corrected chi connectivity index (χ4v) is 7.12. The topological polar surface area (TPSA) is 92.9 Å². The van der Waals surface area contributed by atoms with Crippen LogP contribution in [0.4, 0.5) is 0 Å². The normalized spacial score (nSPS) is 17.9. The summed E-state index contributed by atoms with van der Waals surface area (Å²) >= 11 is 1.74. The van der Waals surface area contributed by atoms with Gasteiger partial charge in [-0.25, -0.2) is 14.9 Å². The Kier molecular flexibility index (Phi) is 8.48. The van der Waals surface area contributed by atoms with E-state index in [1.807, 2.05) is 66.7 Å². The van der Waals surface area contributed by atoms with Gasteiger partial charge in [-0.3, -0.25) is 0 Å². The number of nitro groups is 1. The molecule has 0 saturated carbocycles. The van der Waals surface area contributed by atoms with Crippen LogP contribution in [-0.4, -0.2) is 45.6 Å². The van der Waals surface area contributed by atoms with Crippen molar-refractivity contribution in [2.24, 2.45) is 0 Å². The van der Waals surface area contributed by atoms with E-state index in [0.29, 0.717) is 25.1 Å². The molecule has 4 aromatic rings. The largest absolute Gasteiger partial charge is 0.457 e. The lowest BCUT2D eigenvalue weighted by molar-refractivity contribution is -0.659. The van der Waals surface area contributed by atoms with E-state index in [4.69, 9.17) is 4.74 Å². The van der Waals surface area contributed by atoms with E-state index in [1.165, 1.54) is 5.01 Å². The SMILES string of the molecule is O=C1OCc2ccc1cc2.O=[N+]([O-])N1CC(SC(c2ccccc2)(c2ccccc2)c2ccccc2)CC1CO. The van der Waals surface area contributed by atoms with Crippen molar-refractivity contribution in [3.8, 4) is 0 Å². The van der Waals surface area contributed by atoms with Gasteiger partial charge < -0.3 is 9.84 Å². The van der Waals surface area contributed by atoms with Gasteiger partial charge in [-0.1, -0.05) is 103 Å². The predicted octanol–water partition coefficient (Wildman–Crippen LogP) is 5.70. The summed E-state index contributed by atoms with van der Waals surface area (Å²) in [6.45, 7) is 0.500. The van der Waals surface area contributed by atoms with E-state index in [0.717, 1.165) is 22.3 Å². The Morgan fingerprint density at radius 1 is 0.850 bits per heavy atom. The molecule has 3 aliphatic rings. The highest BCUT2D eigenvalue weighted by molar-refractivity contribution is 8.01. The van der Waals surface area contributed by atoms with E-state index in [1.54, 1.807) is 23.9 Å². The maximum atomic E-state index is 11.5. The second kappa shape index (κ2) is 12.4. The smallest absolute Gasteiger partial charge is 0.338 e. The number of fused-ring (bicyclic) bond motifs is 4. The van der Waals surface area contributed by atoms with Gasteiger partial charge >= 0.3 is 5.97 Å². The predicted molar refractivity (Wildman–Crippen MR) is 155 cm³/mol. The van der Waals surface area contributed by atoms with E-state index < -0.39 is 10.8 Å². The monoisotopic (exact) mass is 554 g/mol. The minimum absolute atomic E-state index is 0.00633. The highest BCUT2D eigenvalue weighted by atomic mass is 32.2. The molecule has 0 aliphatic carbocycles. The molecule has 1 saturated heterocycles. The maximum absolute atomic E-state index is 11.5. The van der Waals surface area contributed by atoms with Crippen molar-refractivity contribution in [1.29, 1.82) is 0 Å². The summed E-state index contributed by atoms with van der Waals surface area (Å²) in [7, 11) is 0. The Morgan fingerprint density at radius 2 is 1.35 bits per heavy atom. The van der Waals surface area contributed by atoms with Gasteiger partial charge in [0.25, 0.3) is 0 Å². The Bertz CT molecular complexity index is 1320. The van der Waals surface area contributed by atoms with Crippen LogP contribution in [0.2, 0.25) is 0 Å². The Labute approximate surface area is 237 Å². The van der Waals surface area contributed by atoms with E-state index in [9.17, 15) is 20.0 Å². The van der Waals surface area contributed by atoms with E-state index >= 15 is 0 Å². The maximum Gasteiger partial charge on any atom is 0.338 e. The van der Waals surface area contributed by atoms with Gasteiger partial charge in [-0.05, 0) is 40.8 Å². The van der Waals surface area contributed by atoms with Crippen LogP contribution in [0, 0.1) is 10.1 Å². The van der Waals surface area contributed by atoms with Crippen molar-refractivity contribution in [1.82, 2.24) is 5.01 Å². The summed E-state index contributed by atoms with van der Waals surface area (Å²) in [5.74, 6) is -0.222. The Hall–Kier alpha value is -4.14. The molecular weight excluding hydrogens is 524 g/mol. The molecule has 2 unspecified atom stereocenters. The number of thioether (sulfide) groups is 1. The number of benzene rings is 4. The number of esters is 1. The number of carbonyl (C=O) groups is 1. The van der Waals surface area contributed by atoms with Crippen molar-refractivity contribution in [2.75, 3.05) is 13.2 Å². The van der Waals surface area contributed by atoms with Gasteiger partial charge in [-0.2, -0.15) is 0 Å². The van der Waals surface area contributed by atoms with Gasteiger partial charge in [0.1, 0.15) is 12.6 Å². The Morgan fingerprint density at radius 3 is 1.77 bits per heavy atom. The van der Waals surface area contributed by atoms with Crippen LogP contribution in [0.1, 0.15) is 39.0 Å². The first-order valence-corrected chi connectivity index (χ1v) is 14.0. The second-order valence-electron chi connectivity index (χ2n) is 9.72. The minimum atomic E-state index is -0.513. The third kappa shape index (κ3) is 5.73. The number of hydrazine groups is 1. The summed E-state index contributed by atoms with van der Waals surface area (Å²) in [4.78, 5) is 22.4. The molecule has 7 nitrogen and oxygen atoms in total. The summed E-state index contributed by atoms with van der Waals surface area (Å²) in [5.41, 5.74) is 5.09. The van der Waals surface area contributed by atoms with Gasteiger partial charge in [-0.15, -0.1) is 16.8 Å². The zero-order valence-corrected chi connectivity index (χ0v) is 22.7. The molecule has 8 heteroatoms. The third-order valence-corrected chi connectivity index (χ3v) is 8.95. The summed E-state index contributed by atoms with van der Waals surface area (Å²) in [6.07, 6.45) is 0.566. The highest BCUT2D eigenvalue weighted by Gasteiger charge is 2.45. The van der Waals surface area contributed by atoms with E-state index in [-0.39, 0.29) is 22.9 Å². The van der Waals surface area contributed by atoms with Crippen molar-refractivity contribution in [2.45, 2.75) is 29.1 Å². The van der Waals surface area contributed by atoms with Crippen molar-refractivity contribution >= 4 is 17.7 Å². The number of hydrogen-bond acceptors (Lipinski definition) is 6. The second-order valence-corrected chi connectivity index (χ2v) is 11.2. The molecule has 0 radical (unpaired) electrons. The fourth-order valence-electron chi connectivity index (χ4n) is 5.25. The van der Waals surface area contributed by atoms with Crippen LogP contribution in [0.5, 0.6) is 0 Å². The molecule has 40 heavy (non-hydrogen) atoms. The van der Waals surface area contributed by atoms with Crippen LogP contribution < -0.4 is 0 Å². The molecule has 0 spiro atoms. The number of aliphatic hydroxyl groups excluding tert-OH is 1. The standard InChI is InChI=1S/C24H24N2O3S.C8H6O2/c27-18-22-16-23(17-25(22)26(28)29)30-24(19-10-4-1-5-11-19,20-12-6-2-7-13-20)21-14-8-3-9-15-21;9-8-7-3-1-6(2-4-7)5-10-8/h1-15,22-23,27H,16-18H2;1-4H,5H2. The summed E-state index contributed by atoms with van der Waals surface area (Å²) < 4.78 is 4.34. The lowest BCUT2D eigenvalue weighted by Gasteiger charge is -2.37. The quantitative estimate of drug-likeness (QED) is 0.136. The number of hydrogen-bond donors (Lipinski definition) is 1. The molecule has 0 amide bonds. The first-order chi connectivity index (χ1) is 19.5. The molecule has 2 bridgehead atoms. The van der Waals surface area contributed by atoms with Crippen molar-refractivity contribution in [3.63, 3.8) is 0 Å². The van der Waals surface area contributed by atoms with Gasteiger partial charge in [0, 0.05) is 5.25 Å². The van der Waals surface area contributed by atoms with Gasteiger partial charge in [0.2, 0.25) is 0 Å². The fraction of sp³-hybridized carbons (Fsp3) is 0.219. The average Bonchev–Trinajstić information content (AvgIpc) is 3.25. The lowest BCUT2D eigenvalue weighted by atomic mass is 9.84. The van der Waals surface area contributed by atoms with Crippen LogP contribution in [0.15, 0.2) is 115 Å². The molecule has 3 aliphatic heterocycles. The van der Waals surface area contributed by atoms with Crippen molar-refractivity contribution < 1.29 is 19.7 Å². The molecule has 3 heterocycles. The lowest BCUT2D eigenvalue weighted by Crippen LogP contribution is -2.37. The molecule has 7 rings (SSSR count). The number of carbonyl (C=O) groups excluding carboxylic acids is 1. The molecule has 4 aromatic carbocycles. The molecule has 1 N–H and O–H groups in total. The molecular formula is C32H30N2O5S. The first kappa shape index (κ1) is 27.4. The zero-order chi connectivity index (χ0) is 28.0. The zero-order valence-electron chi connectivity index (χ0n) is 21.8. The third-order valence-electron chi connectivity index (χ3n) is 7.21. The van der Waals surface area contributed by atoms with Gasteiger partial charge in [0.15, 0.2) is 5.03 Å². The molecule has 0 aromatic heterocycles. The molecule has 1 fully saturated rings. The number of rotatable bonds is 7. The number of aliphatic hydroxyl groups is 1. The van der Waals surface area contributed by atoms with Gasteiger partial charge in [0.05, 0.1) is 23.5 Å². The molecule has 204 valence electrons. The van der Waals surface area contributed by atoms with Crippen molar-refractivity contribution in [3.05, 3.63) is 153 Å².